The molecule has 0 fully saturated rings. The molecule has 22 heteroatoms. The summed E-state index contributed by atoms with van der Waals surface area (Å²) in [6, 6.07) is 0. The lowest BCUT2D eigenvalue weighted by Gasteiger charge is -2.25. The van der Waals surface area contributed by atoms with E-state index in [-0.39, 0.29) is 32.5 Å². The second-order valence-corrected chi connectivity index (χ2v) is 13.1. The van der Waals surface area contributed by atoms with Crippen molar-refractivity contribution < 1.29 is 84.9 Å². The summed E-state index contributed by atoms with van der Waals surface area (Å²) in [5, 5.41) is 94.5. The first kappa shape index (κ1) is 59.3. The normalized spacial score (nSPS) is 11.6. The molecule has 1 atom stereocenters. The van der Waals surface area contributed by atoms with Crippen LogP contribution in [0.1, 0.15) is 45.4 Å². The van der Waals surface area contributed by atoms with Crippen molar-refractivity contribution in [2.75, 3.05) is 127 Å². The largest absolute Gasteiger partial charge is 0.481 e. The molecule has 0 spiro atoms. The van der Waals surface area contributed by atoms with Gasteiger partial charge in [0.2, 0.25) is 5.78 Å². The third kappa shape index (κ3) is 41.7. The number of aliphatic carboxylic acids is 5. The highest BCUT2D eigenvalue weighted by atomic mass is 16.4. The van der Waals surface area contributed by atoms with E-state index in [1.54, 1.807) is 0 Å². The van der Waals surface area contributed by atoms with Crippen molar-refractivity contribution in [2.24, 2.45) is 0 Å². The summed E-state index contributed by atoms with van der Waals surface area (Å²) in [6.45, 7) is 10.9. The minimum absolute atomic E-state index is 0.0694. The summed E-state index contributed by atoms with van der Waals surface area (Å²) in [5.41, 5.74) is -2.74. The van der Waals surface area contributed by atoms with E-state index in [9.17, 15) is 33.9 Å². The maximum Gasteiger partial charge on any atom is 0.372 e. The molecule has 11 N–H and O–H groups in total. The smallest absolute Gasteiger partial charge is 0.372 e. The molecule has 1 unspecified atom stereocenters. The Kier molecular flexibility index (Phi) is 39.3. The summed E-state index contributed by atoms with van der Waals surface area (Å²) < 4.78 is 0. The number of rotatable bonds is 30. The molecule has 0 bridgehead atoms. The van der Waals surface area contributed by atoms with Gasteiger partial charge in [-0.2, -0.15) is 0 Å². The molecule has 0 rings (SSSR count). The standard InChI is InChI=1S/C13H31N3O.C10H24N2O4.C6H8O7.C5H6O5/c1-13(17)12-16(10-6-8-14(2)3)11-7-9-15(4)5;13-7-3-11(4-8-14)1-2-12(5-9-15)6-10-16;7-3(8)1-6(13,5(11)12)2-4(9)10;6-3(5(9)10)1-2-4(7)8/h13,17H,6-12H2,1-5H3;13-16H,1-10H2;13H,1-2H2,(H,7,8)(H,9,10)(H,11,12);1-2H2,(H,7,8)(H,9,10). The van der Waals surface area contributed by atoms with E-state index in [1.165, 1.54) is 12.8 Å². The van der Waals surface area contributed by atoms with E-state index in [4.69, 9.17) is 51.1 Å². The maximum absolute atomic E-state index is 10.3. The van der Waals surface area contributed by atoms with Gasteiger partial charge in [0.1, 0.15) is 0 Å². The lowest BCUT2D eigenvalue weighted by atomic mass is 9.96. The lowest BCUT2D eigenvalue weighted by molar-refractivity contribution is -0.170. The molecule has 0 aromatic heterocycles. The van der Waals surface area contributed by atoms with Crippen LogP contribution in [0.2, 0.25) is 0 Å². The Morgan fingerprint density at radius 3 is 1.11 bits per heavy atom. The summed E-state index contributed by atoms with van der Waals surface area (Å²) in [6.07, 6.45) is -1.05. The number of carbonyl (C=O) groups is 6. The van der Waals surface area contributed by atoms with Crippen LogP contribution in [-0.2, 0) is 28.8 Å². The Morgan fingerprint density at radius 1 is 0.518 bits per heavy atom. The van der Waals surface area contributed by atoms with Crippen LogP contribution in [0.15, 0.2) is 0 Å². The Labute approximate surface area is 328 Å². The molecule has 0 aromatic rings. The van der Waals surface area contributed by atoms with E-state index < -0.39 is 66.9 Å². The van der Waals surface area contributed by atoms with Gasteiger partial charge >= 0.3 is 29.8 Å². The van der Waals surface area contributed by atoms with Crippen molar-refractivity contribution in [3.8, 4) is 0 Å². The predicted molar refractivity (Wildman–Crippen MR) is 202 cm³/mol. The van der Waals surface area contributed by atoms with Crippen molar-refractivity contribution >= 4 is 35.6 Å². The third-order valence-electron chi connectivity index (χ3n) is 7.17. The first-order chi connectivity index (χ1) is 26.0. The van der Waals surface area contributed by atoms with Crippen LogP contribution >= 0.6 is 0 Å². The minimum Gasteiger partial charge on any atom is -0.481 e. The number of aliphatic hydroxyl groups excluding tert-OH is 5. The molecule has 0 aliphatic heterocycles. The van der Waals surface area contributed by atoms with Crippen LogP contribution in [-0.4, -0.2) is 255 Å². The molecular weight excluding hydrogens is 750 g/mol. The fourth-order valence-electron chi connectivity index (χ4n) is 4.45. The quantitative estimate of drug-likeness (QED) is 0.0312. The lowest BCUT2D eigenvalue weighted by Crippen LogP contribution is -2.42. The zero-order valence-corrected chi connectivity index (χ0v) is 33.5. The van der Waals surface area contributed by atoms with E-state index in [1.807, 2.05) is 16.7 Å². The number of nitrogens with zero attached hydrogens (tertiary/aromatic N) is 5. The SMILES string of the molecule is CC(O)CN(CCCN(C)C)CCCN(C)C.O=C(O)CC(O)(CC(=O)O)C(=O)O.O=C(O)CCC(=O)C(=O)O.OCCN(CCO)CCN(CCO)CCO. The number of hydrogen-bond acceptors (Lipinski definition) is 17. The van der Waals surface area contributed by atoms with Gasteiger partial charge in [0.05, 0.1) is 51.8 Å². The average Bonchev–Trinajstić information content (AvgIpc) is 3.05. The molecular formula is C34H69N5O17. The fraction of sp³-hybridized carbons (Fsp3) is 0.824. The van der Waals surface area contributed by atoms with Gasteiger partial charge in [-0.1, -0.05) is 0 Å². The first-order valence-corrected chi connectivity index (χ1v) is 18.0. The number of ketones is 1. The molecule has 0 aliphatic carbocycles. The molecule has 0 aliphatic rings. The van der Waals surface area contributed by atoms with E-state index in [0.29, 0.717) is 39.3 Å². The number of carboxylic acid groups (broad SMARTS) is 5. The Hall–Kier alpha value is -3.42. The molecule has 0 saturated heterocycles. The molecule has 0 aromatic carbocycles. The van der Waals surface area contributed by atoms with Gasteiger partial charge in [0.15, 0.2) is 5.60 Å². The van der Waals surface area contributed by atoms with Crippen molar-refractivity contribution in [1.82, 2.24) is 24.5 Å². The Bertz CT molecular complexity index is 1010. The Balaban J connectivity index is -0.000000328. The van der Waals surface area contributed by atoms with Gasteiger partial charge in [0, 0.05) is 52.2 Å². The van der Waals surface area contributed by atoms with Crippen LogP contribution in [0.3, 0.4) is 0 Å². The molecule has 0 amide bonds. The van der Waals surface area contributed by atoms with Gasteiger partial charge in [-0.3, -0.25) is 29.0 Å². The Morgan fingerprint density at radius 2 is 0.875 bits per heavy atom. The monoisotopic (exact) mass is 819 g/mol. The number of carboxylic acids is 5. The van der Waals surface area contributed by atoms with Crippen molar-refractivity contribution in [1.29, 1.82) is 0 Å². The predicted octanol–water partition coefficient (Wildman–Crippen LogP) is -3.61. The van der Waals surface area contributed by atoms with Crippen molar-refractivity contribution in [3.63, 3.8) is 0 Å². The summed E-state index contributed by atoms with van der Waals surface area (Å²) in [4.78, 5) is 70.9. The summed E-state index contributed by atoms with van der Waals surface area (Å²) >= 11 is 0. The van der Waals surface area contributed by atoms with Gasteiger partial charge in [-0.25, -0.2) is 9.59 Å². The highest BCUT2D eigenvalue weighted by Gasteiger charge is 2.40. The average molecular weight is 820 g/mol. The second kappa shape index (κ2) is 37.2. The number of hydrogen-bond donors (Lipinski definition) is 11. The van der Waals surface area contributed by atoms with Gasteiger partial charge in [-0.15, -0.1) is 0 Å². The van der Waals surface area contributed by atoms with Crippen LogP contribution in [0.5, 0.6) is 0 Å². The highest BCUT2D eigenvalue weighted by molar-refractivity contribution is 6.32. The highest BCUT2D eigenvalue weighted by Crippen LogP contribution is 2.15. The zero-order valence-electron chi connectivity index (χ0n) is 33.5. The first-order valence-electron chi connectivity index (χ1n) is 18.0. The zero-order chi connectivity index (χ0) is 44.3. The molecule has 332 valence electrons. The summed E-state index contributed by atoms with van der Waals surface area (Å²) in [5.74, 6) is -8.84. The van der Waals surface area contributed by atoms with Crippen LogP contribution < -0.4 is 0 Å². The van der Waals surface area contributed by atoms with Crippen LogP contribution in [0.25, 0.3) is 0 Å². The maximum atomic E-state index is 10.3. The number of carbonyl (C=O) groups excluding carboxylic acids is 1. The number of aliphatic hydroxyl groups is 6. The van der Waals surface area contributed by atoms with Gasteiger partial charge < -0.3 is 70.9 Å². The van der Waals surface area contributed by atoms with Gasteiger partial charge in [-0.05, 0) is 74.1 Å². The van der Waals surface area contributed by atoms with E-state index in [0.717, 1.165) is 32.7 Å². The molecule has 0 saturated carbocycles. The van der Waals surface area contributed by atoms with Gasteiger partial charge in [0.25, 0.3) is 0 Å². The topological polar surface area (TPSA) is 341 Å². The molecule has 56 heavy (non-hydrogen) atoms. The second-order valence-electron chi connectivity index (χ2n) is 13.1. The molecule has 0 radical (unpaired) electrons. The van der Waals surface area contributed by atoms with E-state index in [2.05, 4.69) is 42.9 Å². The molecule has 22 nitrogen and oxygen atoms in total. The fourth-order valence-corrected chi connectivity index (χ4v) is 4.45. The van der Waals surface area contributed by atoms with Crippen molar-refractivity contribution in [2.45, 2.75) is 57.2 Å². The molecule has 0 heterocycles. The minimum atomic E-state index is -2.74. The summed E-state index contributed by atoms with van der Waals surface area (Å²) in [7, 11) is 8.41. The van der Waals surface area contributed by atoms with Crippen molar-refractivity contribution in [3.05, 3.63) is 0 Å². The van der Waals surface area contributed by atoms with Crippen LogP contribution in [0, 0.1) is 0 Å². The van der Waals surface area contributed by atoms with Crippen LogP contribution in [0.4, 0.5) is 0 Å². The number of Topliss-reactive ketones (excluding diaryl/α,β-unsaturated/α-hetero) is 1. The van der Waals surface area contributed by atoms with E-state index >= 15 is 0 Å². The third-order valence-corrected chi connectivity index (χ3v) is 7.17.